The Kier molecular flexibility index (Phi) is 10.4. The minimum absolute atomic E-state index is 0.00380. The average Bonchev–Trinajstić information content (AvgIpc) is 3.25. The smallest absolute Gasteiger partial charge is 0.422 e. The zero-order valence-corrected chi connectivity index (χ0v) is 23.2. The summed E-state index contributed by atoms with van der Waals surface area (Å²) in [4.78, 5) is 25.6. The molecule has 2 rings (SSSR count). The Hall–Kier alpha value is -3.24. The van der Waals surface area contributed by atoms with Crippen molar-refractivity contribution in [2.75, 3.05) is 30.4 Å². The van der Waals surface area contributed by atoms with Crippen molar-refractivity contribution in [3.63, 3.8) is 0 Å². The number of amides is 2. The van der Waals surface area contributed by atoms with Crippen LogP contribution in [0.15, 0.2) is 33.4 Å². The summed E-state index contributed by atoms with van der Waals surface area (Å²) in [5.74, 6) is -0.433. The van der Waals surface area contributed by atoms with Crippen molar-refractivity contribution in [2.45, 2.75) is 39.7 Å². The number of rotatable bonds is 10. The molecule has 0 saturated heterocycles. The Balaban J connectivity index is 2.18. The van der Waals surface area contributed by atoms with E-state index in [-0.39, 0.29) is 40.5 Å². The third-order valence-corrected chi connectivity index (χ3v) is 5.84. The highest BCUT2D eigenvalue weighted by Gasteiger charge is 2.28. The van der Waals surface area contributed by atoms with Gasteiger partial charge in [0.15, 0.2) is 5.69 Å². The summed E-state index contributed by atoms with van der Waals surface area (Å²) in [6.07, 6.45) is 0.216. The van der Waals surface area contributed by atoms with Crippen molar-refractivity contribution >= 4 is 55.5 Å². The number of allylic oxidation sites excluding steroid dienone is 1. The predicted octanol–water partition coefficient (Wildman–Crippen LogP) is 3.77. The Bertz CT molecular complexity index is 1250. The second-order valence-electron chi connectivity index (χ2n) is 8.29. The summed E-state index contributed by atoms with van der Waals surface area (Å²) in [6.45, 7) is 6.44. The summed E-state index contributed by atoms with van der Waals surface area (Å²) in [5.41, 5.74) is -0.260. The Morgan fingerprint density at radius 1 is 1.24 bits per heavy atom. The molecular formula is C21H28BrFN6O7S. The SMILES string of the molecule is CCC=C(c1nonc1NCCNS(=O)(=O)NC(=O)OC(C)(C)C)N(C(=O)OC)c1ccc(F)c(Br)c1. The van der Waals surface area contributed by atoms with Gasteiger partial charge in [0.2, 0.25) is 5.82 Å². The van der Waals surface area contributed by atoms with Gasteiger partial charge < -0.3 is 14.8 Å². The lowest BCUT2D eigenvalue weighted by atomic mass is 10.2. The summed E-state index contributed by atoms with van der Waals surface area (Å²) < 4.78 is 56.7. The molecule has 0 aliphatic carbocycles. The third kappa shape index (κ3) is 8.98. The minimum atomic E-state index is -4.19. The Morgan fingerprint density at radius 3 is 2.54 bits per heavy atom. The maximum Gasteiger partial charge on any atom is 0.422 e. The van der Waals surface area contributed by atoms with Gasteiger partial charge in [0.1, 0.15) is 11.4 Å². The topological polar surface area (TPSA) is 165 Å². The fourth-order valence-corrected chi connectivity index (χ4v) is 3.90. The van der Waals surface area contributed by atoms with E-state index in [4.69, 9.17) is 14.1 Å². The minimum Gasteiger partial charge on any atom is -0.452 e. The fourth-order valence-electron chi connectivity index (χ4n) is 2.83. The average molecular weight is 607 g/mol. The summed E-state index contributed by atoms with van der Waals surface area (Å²) >= 11 is 3.10. The number of nitrogens with zero attached hydrogens (tertiary/aromatic N) is 3. The highest BCUT2D eigenvalue weighted by molar-refractivity contribution is 9.10. The van der Waals surface area contributed by atoms with Gasteiger partial charge in [-0.25, -0.2) is 28.2 Å². The van der Waals surface area contributed by atoms with Gasteiger partial charge in [0.25, 0.3) is 0 Å². The first-order valence-electron chi connectivity index (χ1n) is 10.9. The van der Waals surface area contributed by atoms with Crippen molar-refractivity contribution in [3.8, 4) is 0 Å². The highest BCUT2D eigenvalue weighted by atomic mass is 79.9. The molecule has 204 valence electrons. The first-order valence-corrected chi connectivity index (χ1v) is 13.2. The number of nitrogens with one attached hydrogen (secondary N) is 3. The van der Waals surface area contributed by atoms with Crippen LogP contribution in [0.25, 0.3) is 5.70 Å². The van der Waals surface area contributed by atoms with Gasteiger partial charge in [-0.1, -0.05) is 13.0 Å². The molecule has 0 atom stereocenters. The number of carbonyl (C=O) groups is 2. The molecule has 3 N–H and O–H groups in total. The van der Waals surface area contributed by atoms with Gasteiger partial charge in [-0.05, 0) is 71.6 Å². The van der Waals surface area contributed by atoms with E-state index in [9.17, 15) is 22.4 Å². The van der Waals surface area contributed by atoms with Crippen LogP contribution in [-0.4, -0.2) is 56.7 Å². The quantitative estimate of drug-likeness (QED) is 0.339. The summed E-state index contributed by atoms with van der Waals surface area (Å²) in [6, 6.07) is 3.95. The first kappa shape index (κ1) is 30.0. The third-order valence-electron chi connectivity index (χ3n) is 4.21. The van der Waals surface area contributed by atoms with Crippen LogP contribution in [0.5, 0.6) is 0 Å². The van der Waals surface area contributed by atoms with Crippen LogP contribution in [0, 0.1) is 5.82 Å². The highest BCUT2D eigenvalue weighted by Crippen LogP contribution is 2.32. The molecule has 0 aliphatic rings. The monoisotopic (exact) mass is 606 g/mol. The Morgan fingerprint density at radius 2 is 1.95 bits per heavy atom. The summed E-state index contributed by atoms with van der Waals surface area (Å²) in [7, 11) is -3.00. The largest absolute Gasteiger partial charge is 0.452 e. The first-order chi connectivity index (χ1) is 17.3. The predicted molar refractivity (Wildman–Crippen MR) is 136 cm³/mol. The van der Waals surface area contributed by atoms with E-state index in [1.807, 2.05) is 6.92 Å². The zero-order valence-electron chi connectivity index (χ0n) is 20.8. The van der Waals surface area contributed by atoms with Crippen LogP contribution in [0.2, 0.25) is 0 Å². The maximum atomic E-state index is 13.8. The van der Waals surface area contributed by atoms with Gasteiger partial charge >= 0.3 is 22.4 Å². The number of methoxy groups -OCH3 is 1. The lowest BCUT2D eigenvalue weighted by Crippen LogP contribution is -2.44. The van der Waals surface area contributed by atoms with E-state index in [1.54, 1.807) is 31.6 Å². The van der Waals surface area contributed by atoms with Gasteiger partial charge in [-0.2, -0.15) is 13.1 Å². The normalized spacial score (nSPS) is 12.1. The van der Waals surface area contributed by atoms with E-state index in [0.29, 0.717) is 6.42 Å². The molecule has 16 heteroatoms. The molecule has 0 unspecified atom stereocenters. The number of hydrogen-bond donors (Lipinski definition) is 3. The lowest BCUT2D eigenvalue weighted by Gasteiger charge is -2.23. The molecule has 0 spiro atoms. The molecular weight excluding hydrogens is 579 g/mol. The number of ether oxygens (including phenoxy) is 2. The van der Waals surface area contributed by atoms with Crippen LogP contribution < -0.4 is 19.7 Å². The number of benzene rings is 1. The molecule has 1 aromatic carbocycles. The van der Waals surface area contributed by atoms with Crippen molar-refractivity contribution in [3.05, 3.63) is 40.3 Å². The molecule has 2 aromatic rings. The van der Waals surface area contributed by atoms with Crippen LogP contribution in [0.1, 0.15) is 39.8 Å². The maximum absolute atomic E-state index is 13.8. The number of anilines is 2. The van der Waals surface area contributed by atoms with E-state index >= 15 is 0 Å². The number of carbonyl (C=O) groups excluding carboxylic acids is 2. The standard InChI is InChI=1S/C21H28BrFN6O7S/c1-6-7-16(29(20(31)34-5)13-8-9-15(23)14(22)12-13)17-18(27-36-26-17)24-10-11-25-37(32,33)28-19(30)35-21(2,3)4/h7-9,12,25H,6,10-11H2,1-5H3,(H,24,27)(H,28,30). The number of aromatic nitrogens is 2. The molecule has 0 saturated carbocycles. The van der Waals surface area contributed by atoms with Crippen LogP contribution in [0.3, 0.4) is 0 Å². The zero-order chi connectivity index (χ0) is 27.8. The molecule has 1 aromatic heterocycles. The van der Waals surface area contributed by atoms with Gasteiger partial charge in [-0.15, -0.1) is 0 Å². The number of halogens is 2. The van der Waals surface area contributed by atoms with Gasteiger partial charge in [0.05, 0.1) is 23.0 Å². The molecule has 37 heavy (non-hydrogen) atoms. The van der Waals surface area contributed by atoms with Crippen molar-refractivity contribution in [1.82, 2.24) is 19.8 Å². The number of hydrogen-bond acceptors (Lipinski definition) is 10. The van der Waals surface area contributed by atoms with Crippen LogP contribution in [0.4, 0.5) is 25.5 Å². The van der Waals surface area contributed by atoms with Crippen LogP contribution >= 0.6 is 15.9 Å². The van der Waals surface area contributed by atoms with E-state index in [1.165, 1.54) is 25.3 Å². The second kappa shape index (κ2) is 12.8. The van der Waals surface area contributed by atoms with E-state index in [2.05, 4.69) is 36.3 Å². The molecule has 2 amide bonds. The fraction of sp³-hybridized carbons (Fsp3) is 0.429. The molecule has 1 heterocycles. The second-order valence-corrected chi connectivity index (χ2v) is 10.6. The molecule has 0 aliphatic heterocycles. The van der Waals surface area contributed by atoms with Crippen molar-refractivity contribution < 1.29 is 36.5 Å². The Labute approximate surface area is 222 Å². The molecule has 0 radical (unpaired) electrons. The van der Waals surface area contributed by atoms with Crippen molar-refractivity contribution in [1.29, 1.82) is 0 Å². The van der Waals surface area contributed by atoms with E-state index in [0.717, 1.165) is 4.90 Å². The summed E-state index contributed by atoms with van der Waals surface area (Å²) in [5, 5.41) is 10.5. The molecule has 0 fully saturated rings. The molecule has 0 bridgehead atoms. The molecule has 13 nitrogen and oxygen atoms in total. The van der Waals surface area contributed by atoms with E-state index < -0.39 is 33.8 Å². The van der Waals surface area contributed by atoms with Crippen molar-refractivity contribution in [2.24, 2.45) is 0 Å². The van der Waals surface area contributed by atoms with Gasteiger partial charge in [-0.3, -0.25) is 0 Å². The van der Waals surface area contributed by atoms with Gasteiger partial charge in [0, 0.05) is 13.1 Å². The lowest BCUT2D eigenvalue weighted by molar-refractivity contribution is 0.0569. The van der Waals surface area contributed by atoms with Crippen LogP contribution in [-0.2, 0) is 19.7 Å².